The van der Waals surface area contributed by atoms with Gasteiger partial charge >= 0.3 is 6.03 Å². The van der Waals surface area contributed by atoms with E-state index < -0.39 is 0 Å². The molecular weight excluding hydrogens is 348 g/mol. The summed E-state index contributed by atoms with van der Waals surface area (Å²) in [5, 5.41) is 3.03. The lowest BCUT2D eigenvalue weighted by molar-refractivity contribution is 0.193. The number of aromatic nitrogens is 1. The lowest BCUT2D eigenvalue weighted by atomic mass is 10.1. The Morgan fingerprint density at radius 3 is 2.54 bits per heavy atom. The number of amides is 2. The normalized spacial score (nSPS) is 15.4. The number of likely N-dealkylation sites (N-methyl/N-ethyl adjacent to an activating group) is 1. The Morgan fingerprint density at radius 2 is 1.86 bits per heavy atom. The van der Waals surface area contributed by atoms with Gasteiger partial charge in [0.15, 0.2) is 0 Å². The SMILES string of the molecule is Cc1ccnc(C[C@H](C)N(C)C(=O)NCc2ccc(CN3CCCC3)cc2)c1. The first-order chi connectivity index (χ1) is 13.5. The Morgan fingerprint density at radius 1 is 1.18 bits per heavy atom. The third kappa shape index (κ3) is 5.80. The topological polar surface area (TPSA) is 48.5 Å². The average Bonchev–Trinajstić information content (AvgIpc) is 3.19. The molecule has 1 aliphatic heterocycles. The van der Waals surface area contributed by atoms with Crippen LogP contribution < -0.4 is 5.32 Å². The van der Waals surface area contributed by atoms with Crippen molar-refractivity contribution in [2.75, 3.05) is 20.1 Å². The largest absolute Gasteiger partial charge is 0.334 e. The number of nitrogens with zero attached hydrogens (tertiary/aromatic N) is 3. The van der Waals surface area contributed by atoms with Crippen molar-refractivity contribution in [3.63, 3.8) is 0 Å². The lowest BCUT2D eigenvalue weighted by Crippen LogP contribution is -2.43. The molecule has 0 aliphatic carbocycles. The van der Waals surface area contributed by atoms with Crippen LogP contribution >= 0.6 is 0 Å². The van der Waals surface area contributed by atoms with Crippen LogP contribution in [0.5, 0.6) is 0 Å². The van der Waals surface area contributed by atoms with Crippen molar-refractivity contribution in [1.82, 2.24) is 20.1 Å². The number of hydrogen-bond donors (Lipinski definition) is 1. The molecule has 5 nitrogen and oxygen atoms in total. The van der Waals surface area contributed by atoms with E-state index in [-0.39, 0.29) is 12.1 Å². The standard InChI is InChI=1S/C23H32N4O/c1-18-10-11-24-22(14-18)15-19(2)26(3)23(28)25-16-20-6-8-21(9-7-20)17-27-12-4-5-13-27/h6-11,14,19H,4-5,12-13,15-17H2,1-3H3,(H,25,28)/t19-/m0/s1. The maximum atomic E-state index is 12.5. The number of hydrogen-bond acceptors (Lipinski definition) is 3. The van der Waals surface area contributed by atoms with Crippen LogP contribution in [0, 0.1) is 6.92 Å². The fourth-order valence-electron chi connectivity index (χ4n) is 3.61. The van der Waals surface area contributed by atoms with Gasteiger partial charge in [0, 0.05) is 44.5 Å². The van der Waals surface area contributed by atoms with E-state index in [1.54, 1.807) is 4.90 Å². The number of aryl methyl sites for hydroxylation is 1. The molecule has 0 bridgehead atoms. The molecule has 1 aromatic heterocycles. The molecule has 2 heterocycles. The fraction of sp³-hybridized carbons (Fsp3) is 0.478. The Bertz CT molecular complexity index is 768. The highest BCUT2D eigenvalue weighted by atomic mass is 16.2. The molecule has 28 heavy (non-hydrogen) atoms. The summed E-state index contributed by atoms with van der Waals surface area (Å²) in [5.74, 6) is 0. The second-order valence-corrected chi connectivity index (χ2v) is 7.95. The predicted octanol–water partition coefficient (Wildman–Crippen LogP) is 3.76. The fourth-order valence-corrected chi connectivity index (χ4v) is 3.61. The first-order valence-corrected chi connectivity index (χ1v) is 10.2. The molecule has 1 aromatic carbocycles. The van der Waals surface area contributed by atoms with Gasteiger partial charge in [0.1, 0.15) is 0 Å². The summed E-state index contributed by atoms with van der Waals surface area (Å²) in [5.41, 5.74) is 4.67. The van der Waals surface area contributed by atoms with E-state index in [0.29, 0.717) is 6.54 Å². The van der Waals surface area contributed by atoms with Gasteiger partial charge in [0.2, 0.25) is 0 Å². The van der Waals surface area contributed by atoms with E-state index in [4.69, 9.17) is 0 Å². The van der Waals surface area contributed by atoms with Crippen LogP contribution in [-0.4, -0.2) is 47.0 Å². The molecule has 1 aliphatic rings. The molecule has 3 rings (SSSR count). The number of pyridine rings is 1. The van der Waals surface area contributed by atoms with Crippen LogP contribution in [0.2, 0.25) is 0 Å². The number of nitrogens with one attached hydrogen (secondary N) is 1. The maximum absolute atomic E-state index is 12.5. The summed E-state index contributed by atoms with van der Waals surface area (Å²) in [4.78, 5) is 21.1. The van der Waals surface area contributed by atoms with Gasteiger partial charge in [0.25, 0.3) is 0 Å². The third-order valence-corrected chi connectivity index (χ3v) is 5.53. The lowest BCUT2D eigenvalue weighted by Gasteiger charge is -2.25. The third-order valence-electron chi connectivity index (χ3n) is 5.53. The smallest absolute Gasteiger partial charge is 0.317 e. The Labute approximate surface area is 168 Å². The van der Waals surface area contributed by atoms with Gasteiger partial charge in [-0.25, -0.2) is 4.79 Å². The highest BCUT2D eigenvalue weighted by Gasteiger charge is 2.16. The summed E-state index contributed by atoms with van der Waals surface area (Å²) >= 11 is 0. The van der Waals surface area contributed by atoms with Crippen molar-refractivity contribution in [3.05, 3.63) is 65.0 Å². The molecular formula is C23H32N4O. The van der Waals surface area contributed by atoms with E-state index in [9.17, 15) is 4.79 Å². The molecule has 1 atom stereocenters. The van der Waals surface area contributed by atoms with E-state index in [2.05, 4.69) is 59.4 Å². The van der Waals surface area contributed by atoms with Crippen LogP contribution in [0.3, 0.4) is 0 Å². The molecule has 2 amide bonds. The Balaban J connectivity index is 1.45. The molecule has 0 saturated carbocycles. The summed E-state index contributed by atoms with van der Waals surface area (Å²) in [7, 11) is 1.84. The van der Waals surface area contributed by atoms with E-state index in [1.165, 1.54) is 37.1 Å². The van der Waals surface area contributed by atoms with E-state index >= 15 is 0 Å². The summed E-state index contributed by atoms with van der Waals surface area (Å²) < 4.78 is 0. The summed E-state index contributed by atoms with van der Waals surface area (Å²) in [6, 6.07) is 12.7. The minimum atomic E-state index is -0.0544. The van der Waals surface area contributed by atoms with Crippen LogP contribution in [0.25, 0.3) is 0 Å². The molecule has 1 fully saturated rings. The quantitative estimate of drug-likeness (QED) is 0.796. The number of urea groups is 1. The van der Waals surface area contributed by atoms with Crippen LogP contribution in [0.1, 0.15) is 42.1 Å². The monoisotopic (exact) mass is 380 g/mol. The number of carbonyl (C=O) groups is 1. The highest BCUT2D eigenvalue weighted by Crippen LogP contribution is 2.13. The number of benzene rings is 1. The second kappa shape index (κ2) is 9.69. The Hall–Kier alpha value is -2.40. The summed E-state index contributed by atoms with van der Waals surface area (Å²) in [6.07, 6.45) is 5.20. The number of rotatable bonds is 7. The summed E-state index contributed by atoms with van der Waals surface area (Å²) in [6.45, 7) is 8.10. The highest BCUT2D eigenvalue weighted by molar-refractivity contribution is 5.74. The molecule has 1 saturated heterocycles. The van der Waals surface area contributed by atoms with E-state index in [1.807, 2.05) is 19.3 Å². The zero-order valence-corrected chi connectivity index (χ0v) is 17.3. The minimum absolute atomic E-state index is 0.0544. The van der Waals surface area contributed by atoms with Crippen LogP contribution in [0.4, 0.5) is 4.79 Å². The van der Waals surface area contributed by atoms with Gasteiger partial charge in [-0.2, -0.15) is 0 Å². The minimum Gasteiger partial charge on any atom is -0.334 e. The zero-order chi connectivity index (χ0) is 19.9. The molecule has 0 spiro atoms. The number of carbonyl (C=O) groups excluding carboxylic acids is 1. The molecule has 0 radical (unpaired) electrons. The predicted molar refractivity (Wildman–Crippen MR) is 113 cm³/mol. The van der Waals surface area contributed by atoms with Gasteiger partial charge in [-0.3, -0.25) is 9.88 Å². The molecule has 5 heteroatoms. The molecule has 1 N–H and O–H groups in total. The van der Waals surface area contributed by atoms with Crippen molar-refractivity contribution < 1.29 is 4.79 Å². The van der Waals surface area contributed by atoms with Crippen LogP contribution in [0.15, 0.2) is 42.6 Å². The molecule has 150 valence electrons. The molecule has 2 aromatic rings. The van der Waals surface area contributed by atoms with Gasteiger partial charge < -0.3 is 10.2 Å². The zero-order valence-electron chi connectivity index (χ0n) is 17.3. The first kappa shape index (κ1) is 20.3. The van der Waals surface area contributed by atoms with Gasteiger partial charge in [-0.1, -0.05) is 24.3 Å². The van der Waals surface area contributed by atoms with Crippen LogP contribution in [-0.2, 0) is 19.5 Å². The average molecular weight is 381 g/mol. The van der Waals surface area contributed by atoms with Crippen molar-refractivity contribution in [2.45, 2.75) is 52.2 Å². The number of likely N-dealkylation sites (tertiary alicyclic amines) is 1. The van der Waals surface area contributed by atoms with Crippen molar-refractivity contribution in [2.24, 2.45) is 0 Å². The van der Waals surface area contributed by atoms with Gasteiger partial charge in [0.05, 0.1) is 0 Å². The van der Waals surface area contributed by atoms with Gasteiger partial charge in [-0.05, 0) is 68.6 Å². The Kier molecular flexibility index (Phi) is 7.04. The maximum Gasteiger partial charge on any atom is 0.317 e. The van der Waals surface area contributed by atoms with Crippen molar-refractivity contribution in [3.8, 4) is 0 Å². The van der Waals surface area contributed by atoms with Gasteiger partial charge in [-0.15, -0.1) is 0 Å². The first-order valence-electron chi connectivity index (χ1n) is 10.2. The van der Waals surface area contributed by atoms with Crippen molar-refractivity contribution in [1.29, 1.82) is 0 Å². The van der Waals surface area contributed by atoms with Crippen molar-refractivity contribution >= 4 is 6.03 Å². The van der Waals surface area contributed by atoms with E-state index in [0.717, 1.165) is 24.2 Å². The molecule has 0 unspecified atom stereocenters. The second-order valence-electron chi connectivity index (χ2n) is 7.95.